The highest BCUT2D eigenvalue weighted by atomic mass is 79.9. The standard InChI is InChI=1S/C10H12BrN5/c11-8-3-5-9(6-4-8)16-10(2-1-7-12)13-14-15-16/h3-6H,1-2,7,12H2. The summed E-state index contributed by atoms with van der Waals surface area (Å²) in [5.41, 5.74) is 6.43. The van der Waals surface area contributed by atoms with E-state index in [9.17, 15) is 0 Å². The van der Waals surface area contributed by atoms with Gasteiger partial charge in [-0.3, -0.25) is 0 Å². The molecule has 2 N–H and O–H groups in total. The molecule has 0 bridgehead atoms. The molecule has 0 spiro atoms. The second-order valence-electron chi connectivity index (χ2n) is 3.38. The summed E-state index contributed by atoms with van der Waals surface area (Å²) in [4.78, 5) is 0. The van der Waals surface area contributed by atoms with Crippen LogP contribution in [0.1, 0.15) is 12.2 Å². The molecule has 84 valence electrons. The maximum absolute atomic E-state index is 5.47. The lowest BCUT2D eigenvalue weighted by molar-refractivity contribution is 0.726. The molecule has 5 nitrogen and oxygen atoms in total. The molecule has 0 saturated heterocycles. The quantitative estimate of drug-likeness (QED) is 0.918. The molecule has 2 aromatic rings. The average molecular weight is 282 g/mol. The first-order valence-electron chi connectivity index (χ1n) is 5.04. The summed E-state index contributed by atoms with van der Waals surface area (Å²) in [6.45, 7) is 0.646. The van der Waals surface area contributed by atoms with Crippen LogP contribution in [-0.2, 0) is 6.42 Å². The van der Waals surface area contributed by atoms with Gasteiger partial charge in [-0.15, -0.1) is 5.10 Å². The molecule has 6 heteroatoms. The van der Waals surface area contributed by atoms with Crippen LogP contribution in [0.4, 0.5) is 0 Å². The van der Waals surface area contributed by atoms with E-state index in [-0.39, 0.29) is 0 Å². The van der Waals surface area contributed by atoms with E-state index in [0.29, 0.717) is 6.54 Å². The molecule has 16 heavy (non-hydrogen) atoms. The number of hydrogen-bond donors (Lipinski definition) is 1. The number of nitrogens with two attached hydrogens (primary N) is 1. The fourth-order valence-corrected chi connectivity index (χ4v) is 1.67. The lowest BCUT2D eigenvalue weighted by Crippen LogP contribution is -2.06. The summed E-state index contributed by atoms with van der Waals surface area (Å²) in [6.07, 6.45) is 1.68. The van der Waals surface area contributed by atoms with Crippen LogP contribution < -0.4 is 5.73 Å². The number of benzene rings is 1. The molecule has 0 amide bonds. The van der Waals surface area contributed by atoms with Gasteiger partial charge in [0.15, 0.2) is 5.82 Å². The van der Waals surface area contributed by atoms with Gasteiger partial charge in [0.25, 0.3) is 0 Å². The van der Waals surface area contributed by atoms with Crippen LogP contribution in [0.3, 0.4) is 0 Å². The van der Waals surface area contributed by atoms with E-state index in [1.54, 1.807) is 4.68 Å². The molecule has 0 fully saturated rings. The van der Waals surface area contributed by atoms with Crippen molar-refractivity contribution in [3.63, 3.8) is 0 Å². The Morgan fingerprint density at radius 3 is 2.69 bits per heavy atom. The van der Waals surface area contributed by atoms with E-state index in [2.05, 4.69) is 31.5 Å². The van der Waals surface area contributed by atoms with Crippen molar-refractivity contribution < 1.29 is 0 Å². The van der Waals surface area contributed by atoms with Gasteiger partial charge in [0.2, 0.25) is 0 Å². The zero-order chi connectivity index (χ0) is 11.4. The first-order chi connectivity index (χ1) is 7.81. The van der Waals surface area contributed by atoms with Crippen molar-refractivity contribution in [2.75, 3.05) is 6.54 Å². The Morgan fingerprint density at radius 2 is 2.00 bits per heavy atom. The number of halogens is 1. The number of rotatable bonds is 4. The molecule has 0 aliphatic heterocycles. The molecular formula is C10H12BrN5. The van der Waals surface area contributed by atoms with Crippen molar-refractivity contribution in [1.29, 1.82) is 0 Å². The minimum absolute atomic E-state index is 0.646. The van der Waals surface area contributed by atoms with E-state index >= 15 is 0 Å². The van der Waals surface area contributed by atoms with Gasteiger partial charge in [0.1, 0.15) is 0 Å². The second-order valence-corrected chi connectivity index (χ2v) is 4.29. The Hall–Kier alpha value is -1.27. The molecule has 1 aromatic heterocycles. The molecule has 0 saturated carbocycles. The van der Waals surface area contributed by atoms with E-state index < -0.39 is 0 Å². The van der Waals surface area contributed by atoms with Crippen molar-refractivity contribution >= 4 is 15.9 Å². The van der Waals surface area contributed by atoms with Crippen LogP contribution in [0.2, 0.25) is 0 Å². The first-order valence-corrected chi connectivity index (χ1v) is 5.84. The number of aromatic nitrogens is 4. The molecule has 0 aliphatic carbocycles. The molecule has 0 aliphatic rings. The van der Waals surface area contributed by atoms with Gasteiger partial charge >= 0.3 is 0 Å². The van der Waals surface area contributed by atoms with Crippen LogP contribution in [0.5, 0.6) is 0 Å². The van der Waals surface area contributed by atoms with Crippen LogP contribution in [-0.4, -0.2) is 26.8 Å². The summed E-state index contributed by atoms with van der Waals surface area (Å²) >= 11 is 3.39. The van der Waals surface area contributed by atoms with Gasteiger partial charge in [0.05, 0.1) is 5.69 Å². The van der Waals surface area contributed by atoms with Gasteiger partial charge in [-0.25, -0.2) is 0 Å². The Bertz CT molecular complexity index is 450. The number of hydrogen-bond acceptors (Lipinski definition) is 4. The van der Waals surface area contributed by atoms with Gasteiger partial charge in [-0.05, 0) is 47.7 Å². The van der Waals surface area contributed by atoms with Crippen molar-refractivity contribution in [3.8, 4) is 5.69 Å². The van der Waals surface area contributed by atoms with Crippen LogP contribution >= 0.6 is 15.9 Å². The third-order valence-electron chi connectivity index (χ3n) is 2.21. The number of aryl methyl sites for hydroxylation is 1. The van der Waals surface area contributed by atoms with Crippen molar-refractivity contribution in [3.05, 3.63) is 34.6 Å². The van der Waals surface area contributed by atoms with Gasteiger partial charge < -0.3 is 5.73 Å². The van der Waals surface area contributed by atoms with E-state index in [1.807, 2.05) is 24.3 Å². The van der Waals surface area contributed by atoms with Crippen LogP contribution in [0.25, 0.3) is 5.69 Å². The summed E-state index contributed by atoms with van der Waals surface area (Å²) in [7, 11) is 0. The van der Waals surface area contributed by atoms with Gasteiger partial charge in [0, 0.05) is 10.9 Å². The van der Waals surface area contributed by atoms with Crippen molar-refractivity contribution in [1.82, 2.24) is 20.2 Å². The second kappa shape index (κ2) is 5.18. The van der Waals surface area contributed by atoms with E-state index in [4.69, 9.17) is 5.73 Å². The number of nitrogens with zero attached hydrogens (tertiary/aromatic N) is 4. The van der Waals surface area contributed by atoms with Crippen molar-refractivity contribution in [2.45, 2.75) is 12.8 Å². The monoisotopic (exact) mass is 281 g/mol. The van der Waals surface area contributed by atoms with E-state index in [1.165, 1.54) is 0 Å². The van der Waals surface area contributed by atoms with Gasteiger partial charge in [-0.1, -0.05) is 15.9 Å². The molecular weight excluding hydrogens is 270 g/mol. The number of tetrazole rings is 1. The maximum atomic E-state index is 5.47. The largest absolute Gasteiger partial charge is 0.330 e. The SMILES string of the molecule is NCCCc1nnnn1-c1ccc(Br)cc1. The molecule has 1 heterocycles. The summed E-state index contributed by atoms with van der Waals surface area (Å²) in [6, 6.07) is 7.85. The highest BCUT2D eigenvalue weighted by Gasteiger charge is 2.06. The summed E-state index contributed by atoms with van der Waals surface area (Å²) in [5, 5.41) is 11.6. The van der Waals surface area contributed by atoms with Crippen molar-refractivity contribution in [2.24, 2.45) is 5.73 Å². The topological polar surface area (TPSA) is 69.6 Å². The predicted octanol–water partition coefficient (Wildman–Crippen LogP) is 1.32. The highest BCUT2D eigenvalue weighted by Crippen LogP contribution is 2.14. The van der Waals surface area contributed by atoms with Crippen LogP contribution in [0, 0.1) is 0 Å². The Labute approximate surface area is 102 Å². The lowest BCUT2D eigenvalue weighted by atomic mass is 10.3. The lowest BCUT2D eigenvalue weighted by Gasteiger charge is -2.03. The summed E-state index contributed by atoms with van der Waals surface area (Å²) in [5.74, 6) is 0.841. The highest BCUT2D eigenvalue weighted by molar-refractivity contribution is 9.10. The maximum Gasteiger partial charge on any atom is 0.156 e. The fraction of sp³-hybridized carbons (Fsp3) is 0.300. The molecule has 2 rings (SSSR count). The molecule has 1 aromatic carbocycles. The zero-order valence-corrected chi connectivity index (χ0v) is 10.3. The molecule has 0 unspecified atom stereocenters. The Balaban J connectivity index is 2.26. The predicted molar refractivity (Wildman–Crippen MR) is 64.2 cm³/mol. The van der Waals surface area contributed by atoms with Gasteiger partial charge in [-0.2, -0.15) is 4.68 Å². The minimum atomic E-state index is 0.646. The zero-order valence-electron chi connectivity index (χ0n) is 8.67. The average Bonchev–Trinajstić information content (AvgIpc) is 2.75. The first kappa shape index (κ1) is 11.2. The molecule has 0 radical (unpaired) electrons. The minimum Gasteiger partial charge on any atom is -0.330 e. The smallest absolute Gasteiger partial charge is 0.156 e. The van der Waals surface area contributed by atoms with E-state index in [0.717, 1.165) is 28.8 Å². The molecule has 0 atom stereocenters. The third-order valence-corrected chi connectivity index (χ3v) is 2.74. The third kappa shape index (κ3) is 2.45. The fourth-order valence-electron chi connectivity index (χ4n) is 1.40. The summed E-state index contributed by atoms with van der Waals surface area (Å²) < 4.78 is 2.77. The Morgan fingerprint density at radius 1 is 1.25 bits per heavy atom. The van der Waals surface area contributed by atoms with Crippen LogP contribution in [0.15, 0.2) is 28.7 Å². The Kier molecular flexibility index (Phi) is 3.63. The normalized spacial score (nSPS) is 10.6.